The van der Waals surface area contributed by atoms with Crippen molar-refractivity contribution in [1.29, 1.82) is 0 Å². The number of carbonyl (C=O) groups excluding carboxylic acids is 1. The third kappa shape index (κ3) is 2.15. The van der Waals surface area contributed by atoms with Gasteiger partial charge in [0, 0.05) is 24.6 Å². The van der Waals surface area contributed by atoms with E-state index in [1.54, 1.807) is 19.2 Å². The third-order valence-electron chi connectivity index (χ3n) is 5.14. The van der Waals surface area contributed by atoms with Crippen LogP contribution in [0.3, 0.4) is 0 Å². The molecule has 0 aromatic carbocycles. The Hall–Kier alpha value is -1.78. The molecule has 1 saturated heterocycles. The van der Waals surface area contributed by atoms with Gasteiger partial charge in [-0.2, -0.15) is 4.73 Å². The number of amides is 1. The second kappa shape index (κ2) is 4.61. The van der Waals surface area contributed by atoms with E-state index in [-0.39, 0.29) is 11.6 Å². The highest BCUT2D eigenvalue weighted by atomic mass is 16.5. The van der Waals surface area contributed by atoms with Crippen LogP contribution in [0.1, 0.15) is 36.2 Å². The highest BCUT2D eigenvalue weighted by molar-refractivity contribution is 5.92. The number of aromatic nitrogens is 1. The average molecular weight is 288 g/mol. The van der Waals surface area contributed by atoms with Crippen LogP contribution in [0, 0.1) is 23.0 Å². The molecule has 112 valence electrons. The van der Waals surface area contributed by atoms with Crippen molar-refractivity contribution in [3.63, 3.8) is 0 Å². The number of likely N-dealkylation sites (tertiary alicyclic amines) is 1. The van der Waals surface area contributed by atoms with Crippen molar-refractivity contribution in [2.75, 3.05) is 13.7 Å². The van der Waals surface area contributed by atoms with Gasteiger partial charge in [-0.3, -0.25) is 4.79 Å². The Kier molecular flexibility index (Phi) is 2.84. The van der Waals surface area contributed by atoms with Crippen molar-refractivity contribution in [3.8, 4) is 5.75 Å². The van der Waals surface area contributed by atoms with Gasteiger partial charge in [0.25, 0.3) is 5.69 Å². The molecule has 0 bridgehead atoms. The van der Waals surface area contributed by atoms with Crippen LogP contribution in [0.25, 0.3) is 0 Å². The molecule has 1 amide bonds. The lowest BCUT2D eigenvalue weighted by Crippen LogP contribution is -2.61. The van der Waals surface area contributed by atoms with Crippen LogP contribution in [0.2, 0.25) is 0 Å². The van der Waals surface area contributed by atoms with E-state index in [2.05, 4.69) is 0 Å². The first-order valence-corrected chi connectivity index (χ1v) is 7.77. The molecule has 0 radical (unpaired) electrons. The maximum absolute atomic E-state index is 12.7. The summed E-state index contributed by atoms with van der Waals surface area (Å²) in [5, 5.41) is 11.9. The van der Waals surface area contributed by atoms with Gasteiger partial charge < -0.3 is 14.8 Å². The molecular weight excluding hydrogens is 268 g/mol. The van der Waals surface area contributed by atoms with Gasteiger partial charge in [-0.15, -0.1) is 0 Å². The zero-order chi connectivity index (χ0) is 14.6. The minimum absolute atomic E-state index is 0.141. The van der Waals surface area contributed by atoms with Crippen LogP contribution >= 0.6 is 0 Å². The van der Waals surface area contributed by atoms with Crippen molar-refractivity contribution in [2.45, 2.75) is 31.7 Å². The van der Waals surface area contributed by atoms with Crippen LogP contribution < -0.4 is 9.47 Å². The van der Waals surface area contributed by atoms with Crippen molar-refractivity contribution in [1.82, 2.24) is 4.90 Å². The second-order valence-electron chi connectivity index (χ2n) is 6.56. The number of nitrogens with zero attached hydrogens (tertiary/aromatic N) is 2. The van der Waals surface area contributed by atoms with Gasteiger partial charge in [0.05, 0.1) is 13.2 Å². The Morgan fingerprint density at radius 3 is 2.67 bits per heavy atom. The van der Waals surface area contributed by atoms with Gasteiger partial charge in [0.1, 0.15) is 5.75 Å². The minimum atomic E-state index is -0.141. The molecule has 1 aromatic rings. The molecule has 2 heterocycles. The standard InChI is InChI=1S/C16H20N2O3/c1-21-12-6-7-18(20)14(8-12)16(19)17-9-13(10-2-3-10)15(17)11-4-5-11/h6-8,10-11,13,15H,2-5,9H2,1H3. The number of carbonyl (C=O) groups is 1. The zero-order valence-electron chi connectivity index (χ0n) is 12.2. The molecule has 3 fully saturated rings. The Bertz CT molecular complexity index is 581. The van der Waals surface area contributed by atoms with E-state index in [1.807, 2.05) is 4.90 Å². The summed E-state index contributed by atoms with van der Waals surface area (Å²) in [5.41, 5.74) is 0.175. The van der Waals surface area contributed by atoms with Gasteiger partial charge >= 0.3 is 5.91 Å². The van der Waals surface area contributed by atoms with E-state index in [1.165, 1.54) is 31.9 Å². The summed E-state index contributed by atoms with van der Waals surface area (Å²) in [7, 11) is 1.54. The third-order valence-corrected chi connectivity index (χ3v) is 5.14. The summed E-state index contributed by atoms with van der Waals surface area (Å²) < 4.78 is 5.78. The molecule has 3 aliphatic rings. The first-order valence-electron chi connectivity index (χ1n) is 7.77. The molecule has 1 aliphatic heterocycles. The molecular formula is C16H20N2O3. The van der Waals surface area contributed by atoms with E-state index >= 15 is 0 Å². The molecule has 2 aliphatic carbocycles. The van der Waals surface area contributed by atoms with E-state index in [0.29, 0.717) is 28.4 Å². The summed E-state index contributed by atoms with van der Waals surface area (Å²) in [6.07, 6.45) is 6.43. The fourth-order valence-corrected chi connectivity index (χ4v) is 3.66. The topological polar surface area (TPSA) is 56.5 Å². The molecule has 4 rings (SSSR count). The van der Waals surface area contributed by atoms with E-state index in [0.717, 1.165) is 12.5 Å². The smallest absolute Gasteiger partial charge is 0.320 e. The molecule has 0 spiro atoms. The van der Waals surface area contributed by atoms with Crippen LogP contribution in [-0.2, 0) is 0 Å². The quantitative estimate of drug-likeness (QED) is 0.624. The molecule has 0 N–H and O–H groups in total. The maximum atomic E-state index is 12.7. The summed E-state index contributed by atoms with van der Waals surface area (Å²) in [6, 6.07) is 3.49. The molecule has 5 heteroatoms. The Morgan fingerprint density at radius 1 is 1.33 bits per heavy atom. The first kappa shape index (κ1) is 12.9. The predicted octanol–water partition coefficient (Wildman–Crippen LogP) is 1.59. The molecule has 2 unspecified atom stereocenters. The van der Waals surface area contributed by atoms with E-state index in [4.69, 9.17) is 4.74 Å². The fourth-order valence-electron chi connectivity index (χ4n) is 3.66. The lowest BCUT2D eigenvalue weighted by Gasteiger charge is -2.48. The zero-order valence-corrected chi connectivity index (χ0v) is 12.2. The van der Waals surface area contributed by atoms with Crippen LogP contribution in [0.4, 0.5) is 0 Å². The molecule has 21 heavy (non-hydrogen) atoms. The lowest BCUT2D eigenvalue weighted by molar-refractivity contribution is -0.608. The number of rotatable bonds is 4. The number of ether oxygens (including phenoxy) is 1. The van der Waals surface area contributed by atoms with Crippen molar-refractivity contribution < 1.29 is 14.3 Å². The number of pyridine rings is 1. The van der Waals surface area contributed by atoms with Crippen molar-refractivity contribution in [3.05, 3.63) is 29.2 Å². The molecule has 2 saturated carbocycles. The molecule has 2 atom stereocenters. The SMILES string of the molecule is COc1cc[n+]([O-])c(C(=O)N2CC(C3CC3)C2C2CC2)c1. The highest BCUT2D eigenvalue weighted by Crippen LogP contribution is 2.52. The molecule has 5 nitrogen and oxygen atoms in total. The van der Waals surface area contributed by atoms with Crippen LogP contribution in [0.5, 0.6) is 5.75 Å². The van der Waals surface area contributed by atoms with Gasteiger partial charge in [0.2, 0.25) is 0 Å². The van der Waals surface area contributed by atoms with Crippen LogP contribution in [-0.4, -0.2) is 30.5 Å². The number of hydrogen-bond donors (Lipinski definition) is 0. The highest BCUT2D eigenvalue weighted by Gasteiger charge is 2.55. The summed E-state index contributed by atoms with van der Waals surface area (Å²) in [4.78, 5) is 14.6. The van der Waals surface area contributed by atoms with Crippen LogP contribution in [0.15, 0.2) is 18.3 Å². The Labute approximate surface area is 124 Å². The first-order chi connectivity index (χ1) is 10.2. The lowest BCUT2D eigenvalue weighted by atomic mass is 9.81. The largest absolute Gasteiger partial charge is 0.618 e. The van der Waals surface area contributed by atoms with E-state index < -0.39 is 0 Å². The number of hydrogen-bond acceptors (Lipinski definition) is 3. The normalized spacial score (nSPS) is 28.1. The fraction of sp³-hybridized carbons (Fsp3) is 0.625. The monoisotopic (exact) mass is 288 g/mol. The summed E-state index contributed by atoms with van der Waals surface area (Å²) >= 11 is 0. The average Bonchev–Trinajstić information content (AvgIpc) is 3.32. The van der Waals surface area contributed by atoms with E-state index in [9.17, 15) is 10.0 Å². The minimum Gasteiger partial charge on any atom is -0.618 e. The van der Waals surface area contributed by atoms with Crippen molar-refractivity contribution in [2.24, 2.45) is 17.8 Å². The summed E-state index contributed by atoms with van der Waals surface area (Å²) in [6.45, 7) is 0.821. The maximum Gasteiger partial charge on any atom is 0.320 e. The molecule has 1 aromatic heterocycles. The van der Waals surface area contributed by atoms with Gasteiger partial charge in [0.15, 0.2) is 6.20 Å². The van der Waals surface area contributed by atoms with Gasteiger partial charge in [-0.05, 0) is 37.5 Å². The van der Waals surface area contributed by atoms with Gasteiger partial charge in [-0.25, -0.2) is 0 Å². The van der Waals surface area contributed by atoms with Gasteiger partial charge in [-0.1, -0.05) is 0 Å². The number of methoxy groups -OCH3 is 1. The second-order valence-corrected chi connectivity index (χ2v) is 6.56. The van der Waals surface area contributed by atoms with Crippen molar-refractivity contribution >= 4 is 5.91 Å². The summed E-state index contributed by atoms with van der Waals surface area (Å²) in [5.74, 6) is 2.57. The Balaban J connectivity index is 1.57. The predicted molar refractivity (Wildman–Crippen MR) is 75.7 cm³/mol. The Morgan fingerprint density at radius 2 is 2.05 bits per heavy atom.